The number of nitrogens with one attached hydrogen (secondary N) is 2. The molecule has 3 N–H and O–H groups in total. The van der Waals surface area contributed by atoms with Crippen molar-refractivity contribution in [3.8, 4) is 0 Å². The molecule has 0 spiro atoms. The Labute approximate surface area is 152 Å². The van der Waals surface area contributed by atoms with Crippen LogP contribution in [0.1, 0.15) is 65.9 Å². The molecule has 0 unspecified atom stereocenters. The first-order chi connectivity index (χ1) is 11.1. The lowest BCUT2D eigenvalue weighted by molar-refractivity contribution is 0.0786. The predicted octanol–water partition coefficient (Wildman–Crippen LogP) is 4.92. The van der Waals surface area contributed by atoms with Crippen molar-refractivity contribution < 1.29 is 5.11 Å². The molecular formula is C20H34N2OS. The largest absolute Gasteiger partial charge is 0.386 e. The van der Waals surface area contributed by atoms with Crippen molar-refractivity contribution in [3.05, 3.63) is 29.8 Å². The highest BCUT2D eigenvalue weighted by atomic mass is 32.2. The van der Waals surface area contributed by atoms with Crippen LogP contribution >= 0.6 is 11.9 Å². The molecule has 1 fully saturated rings. The van der Waals surface area contributed by atoms with E-state index in [4.69, 9.17) is 0 Å². The van der Waals surface area contributed by atoms with Crippen LogP contribution in [0.2, 0.25) is 0 Å². The molecular weight excluding hydrogens is 316 g/mol. The maximum absolute atomic E-state index is 10.0. The molecule has 1 aliphatic carbocycles. The molecule has 4 heteroatoms. The smallest absolute Gasteiger partial charge is 0.0840 e. The van der Waals surface area contributed by atoms with E-state index in [-0.39, 0.29) is 4.75 Å². The fourth-order valence-corrected chi connectivity index (χ4v) is 3.76. The van der Waals surface area contributed by atoms with E-state index < -0.39 is 5.60 Å². The SMILES string of the molecule is CC(C)(C)SN[C@H]1CC[C@H](CNc2ccc(C(C)(C)O)cc2)CC1. The Morgan fingerprint density at radius 2 is 1.58 bits per heavy atom. The highest BCUT2D eigenvalue weighted by Gasteiger charge is 2.22. The average Bonchev–Trinajstić information content (AvgIpc) is 2.51. The highest BCUT2D eigenvalue weighted by molar-refractivity contribution is 7.98. The maximum Gasteiger partial charge on any atom is 0.0840 e. The summed E-state index contributed by atoms with van der Waals surface area (Å²) >= 11 is 1.87. The quantitative estimate of drug-likeness (QED) is 0.637. The van der Waals surface area contributed by atoms with Gasteiger partial charge < -0.3 is 10.4 Å². The molecule has 24 heavy (non-hydrogen) atoms. The summed E-state index contributed by atoms with van der Waals surface area (Å²) in [7, 11) is 0. The van der Waals surface area contributed by atoms with E-state index in [9.17, 15) is 5.11 Å². The normalized spacial score (nSPS) is 22.4. The molecule has 0 heterocycles. The van der Waals surface area contributed by atoms with Gasteiger partial charge in [-0.3, -0.25) is 4.72 Å². The zero-order chi connectivity index (χ0) is 17.8. The third-order valence-electron chi connectivity index (χ3n) is 4.56. The third-order valence-corrected chi connectivity index (χ3v) is 5.63. The summed E-state index contributed by atoms with van der Waals surface area (Å²) < 4.78 is 3.93. The Morgan fingerprint density at radius 3 is 2.08 bits per heavy atom. The molecule has 1 aliphatic rings. The molecule has 2 rings (SSSR count). The van der Waals surface area contributed by atoms with Crippen molar-refractivity contribution >= 4 is 17.6 Å². The molecule has 1 aromatic carbocycles. The van der Waals surface area contributed by atoms with Gasteiger partial charge in [-0.05, 0) is 83.9 Å². The zero-order valence-electron chi connectivity index (χ0n) is 15.9. The van der Waals surface area contributed by atoms with Gasteiger partial charge in [-0.1, -0.05) is 24.1 Å². The number of aliphatic hydroxyl groups is 1. The summed E-state index contributed by atoms with van der Waals surface area (Å²) in [6.07, 6.45) is 5.12. The van der Waals surface area contributed by atoms with Crippen molar-refractivity contribution in [3.63, 3.8) is 0 Å². The standard InChI is InChI=1S/C20H34N2OS/c1-19(2,3)24-22-18-10-6-15(7-11-18)14-21-17-12-8-16(9-13-17)20(4,5)23/h8-9,12-13,15,18,21-23H,6-7,10-11,14H2,1-5H3/t15-,18-. The average molecular weight is 351 g/mol. The minimum Gasteiger partial charge on any atom is -0.386 e. The molecule has 0 atom stereocenters. The van der Waals surface area contributed by atoms with Gasteiger partial charge in [-0.15, -0.1) is 0 Å². The summed E-state index contributed by atoms with van der Waals surface area (Å²) in [5.74, 6) is 0.761. The van der Waals surface area contributed by atoms with E-state index in [0.717, 1.165) is 23.7 Å². The summed E-state index contributed by atoms with van der Waals surface area (Å²) in [6, 6.07) is 8.82. The number of hydrogen-bond donors (Lipinski definition) is 3. The van der Waals surface area contributed by atoms with Gasteiger partial charge in [-0.2, -0.15) is 0 Å². The Morgan fingerprint density at radius 1 is 1.00 bits per heavy atom. The number of anilines is 1. The fourth-order valence-electron chi connectivity index (χ4n) is 3.00. The Balaban J connectivity index is 1.71. The predicted molar refractivity (Wildman–Crippen MR) is 106 cm³/mol. The maximum atomic E-state index is 10.0. The highest BCUT2D eigenvalue weighted by Crippen LogP contribution is 2.29. The van der Waals surface area contributed by atoms with Crippen LogP contribution in [0.4, 0.5) is 5.69 Å². The van der Waals surface area contributed by atoms with Gasteiger partial charge >= 0.3 is 0 Å². The molecule has 0 saturated heterocycles. The molecule has 0 aliphatic heterocycles. The summed E-state index contributed by atoms with van der Waals surface area (Å²) in [5, 5.41) is 13.6. The lowest BCUT2D eigenvalue weighted by atomic mass is 9.86. The number of rotatable bonds is 6. The van der Waals surface area contributed by atoms with Crippen molar-refractivity contribution in [1.82, 2.24) is 4.72 Å². The second kappa shape index (κ2) is 8.11. The first-order valence-corrected chi connectivity index (χ1v) is 9.95. The Kier molecular flexibility index (Phi) is 6.63. The topological polar surface area (TPSA) is 44.3 Å². The number of hydrogen-bond acceptors (Lipinski definition) is 4. The molecule has 1 aromatic rings. The monoisotopic (exact) mass is 350 g/mol. The summed E-state index contributed by atoms with van der Waals surface area (Å²) in [4.78, 5) is 0. The van der Waals surface area contributed by atoms with Crippen LogP contribution in [0.15, 0.2) is 24.3 Å². The first kappa shape index (κ1) is 19.6. The van der Waals surface area contributed by atoms with Crippen LogP contribution in [0, 0.1) is 5.92 Å². The van der Waals surface area contributed by atoms with E-state index in [1.807, 2.05) is 37.9 Å². The van der Waals surface area contributed by atoms with E-state index in [1.54, 1.807) is 0 Å². The van der Waals surface area contributed by atoms with Crippen LogP contribution in [0.5, 0.6) is 0 Å². The van der Waals surface area contributed by atoms with E-state index in [2.05, 4.69) is 42.9 Å². The molecule has 3 nitrogen and oxygen atoms in total. The fraction of sp³-hybridized carbons (Fsp3) is 0.700. The summed E-state index contributed by atoms with van der Waals surface area (Å²) in [6.45, 7) is 11.4. The molecule has 0 aromatic heterocycles. The molecule has 1 saturated carbocycles. The van der Waals surface area contributed by atoms with Crippen molar-refractivity contribution in [2.75, 3.05) is 11.9 Å². The van der Waals surface area contributed by atoms with Gasteiger partial charge in [0.05, 0.1) is 5.60 Å². The summed E-state index contributed by atoms with van der Waals surface area (Å²) in [5.41, 5.74) is 1.33. The van der Waals surface area contributed by atoms with Gasteiger partial charge in [0.2, 0.25) is 0 Å². The van der Waals surface area contributed by atoms with E-state index >= 15 is 0 Å². The van der Waals surface area contributed by atoms with Gasteiger partial charge in [0.25, 0.3) is 0 Å². The van der Waals surface area contributed by atoms with Crippen molar-refractivity contribution in [2.24, 2.45) is 5.92 Å². The van der Waals surface area contributed by atoms with Crippen molar-refractivity contribution in [1.29, 1.82) is 0 Å². The van der Waals surface area contributed by atoms with E-state index in [0.29, 0.717) is 6.04 Å². The minimum absolute atomic E-state index is 0.285. The zero-order valence-corrected chi connectivity index (χ0v) is 16.7. The lowest BCUT2D eigenvalue weighted by Crippen LogP contribution is -2.33. The molecule has 0 bridgehead atoms. The van der Waals surface area contributed by atoms with Crippen LogP contribution in [-0.2, 0) is 5.60 Å². The van der Waals surface area contributed by atoms with Crippen LogP contribution in [-0.4, -0.2) is 22.4 Å². The minimum atomic E-state index is -0.769. The van der Waals surface area contributed by atoms with Gasteiger partial charge in [0.1, 0.15) is 0 Å². The second-order valence-electron chi connectivity index (χ2n) is 8.57. The number of benzene rings is 1. The molecule has 136 valence electrons. The van der Waals surface area contributed by atoms with Crippen LogP contribution in [0.25, 0.3) is 0 Å². The second-order valence-corrected chi connectivity index (χ2v) is 10.2. The Bertz CT molecular complexity index is 494. The van der Waals surface area contributed by atoms with Crippen LogP contribution in [0.3, 0.4) is 0 Å². The lowest BCUT2D eigenvalue weighted by Gasteiger charge is -2.31. The third kappa shape index (κ3) is 6.66. The van der Waals surface area contributed by atoms with Gasteiger partial charge in [-0.25, -0.2) is 0 Å². The first-order valence-electron chi connectivity index (χ1n) is 9.14. The van der Waals surface area contributed by atoms with Gasteiger partial charge in [0, 0.05) is 23.0 Å². The molecule has 0 radical (unpaired) electrons. The van der Waals surface area contributed by atoms with Crippen LogP contribution < -0.4 is 10.0 Å². The Hall–Kier alpha value is -0.710. The van der Waals surface area contributed by atoms with Gasteiger partial charge in [0.15, 0.2) is 0 Å². The van der Waals surface area contributed by atoms with E-state index in [1.165, 1.54) is 25.7 Å². The van der Waals surface area contributed by atoms with Crippen molar-refractivity contribution in [2.45, 2.75) is 76.7 Å². The molecule has 0 amide bonds.